The van der Waals surface area contributed by atoms with Crippen molar-refractivity contribution < 1.29 is 23.3 Å². The first-order valence-electron chi connectivity index (χ1n) is 16.7. The first-order valence-corrected chi connectivity index (χ1v) is 20.9. The van der Waals surface area contributed by atoms with Gasteiger partial charge in [0.15, 0.2) is 0 Å². The third-order valence-corrected chi connectivity index (χ3v) is 10.0. The van der Waals surface area contributed by atoms with Gasteiger partial charge in [-0.15, -0.1) is 93.4 Å². The number of fused-ring (bicyclic) bond motifs is 4. The van der Waals surface area contributed by atoms with Crippen molar-refractivity contribution in [2.24, 2.45) is 0 Å². The van der Waals surface area contributed by atoms with Crippen molar-refractivity contribution in [1.29, 1.82) is 0 Å². The van der Waals surface area contributed by atoms with Crippen molar-refractivity contribution in [3.8, 4) is 22.3 Å². The molecular formula is C47H46Cl2SiZr-4. The van der Waals surface area contributed by atoms with Crippen LogP contribution < -0.4 is 0 Å². The normalized spacial score (nSPS) is 12.0. The summed E-state index contributed by atoms with van der Waals surface area (Å²) < 4.78 is 0. The molecule has 0 unspecified atom stereocenters. The fraction of sp³-hybridized carbons (Fsp3) is 0.149. The van der Waals surface area contributed by atoms with Crippen molar-refractivity contribution in [1.82, 2.24) is 0 Å². The molecule has 1 saturated carbocycles. The van der Waals surface area contributed by atoms with E-state index in [2.05, 4.69) is 160 Å². The zero-order chi connectivity index (χ0) is 32.3. The number of hydrogen-bond acceptors (Lipinski definition) is 0. The van der Waals surface area contributed by atoms with Gasteiger partial charge in [0.05, 0.1) is 0 Å². The van der Waals surface area contributed by atoms with E-state index in [1.807, 2.05) is 0 Å². The minimum atomic E-state index is 0. The number of halogens is 2. The Morgan fingerprint density at radius 2 is 1.02 bits per heavy atom. The quantitative estimate of drug-likeness (QED) is 0.123. The summed E-state index contributed by atoms with van der Waals surface area (Å²) in [5, 5.41) is 10.8. The second-order valence-electron chi connectivity index (χ2n) is 12.9. The zero-order valence-electron chi connectivity index (χ0n) is 30.0. The van der Waals surface area contributed by atoms with Gasteiger partial charge in [-0.05, 0) is 51.4 Å². The van der Waals surface area contributed by atoms with Crippen LogP contribution in [0.25, 0.3) is 65.3 Å². The Bertz CT molecular complexity index is 2330. The van der Waals surface area contributed by atoms with E-state index in [1.54, 1.807) is 5.56 Å². The van der Waals surface area contributed by atoms with Crippen LogP contribution in [-0.4, -0.2) is 6.88 Å². The standard InChI is InChI=1S/C24H21.C21H17.2CH3.2ClH.Si.Zr/c1-2-8-17(7-1)20-15-19-11-6-14-23(24(19)16-20)22-13-5-10-18-9-3-4-12-21(18)22;1-14-12-20-15(2)10-11-19(21(20)13-14)18-9-5-7-16-6-3-4-8-17(16)18;;;;;;/h3-6,9-17H,1-2,7-8H2;3-13H,1-2H3;2*1H3;2*1H;;/q4*-1;;;;. The van der Waals surface area contributed by atoms with E-state index in [9.17, 15) is 0 Å². The Kier molecular flexibility index (Phi) is 15.7. The molecule has 51 heavy (non-hydrogen) atoms. The van der Waals surface area contributed by atoms with Crippen molar-refractivity contribution in [2.45, 2.75) is 45.4 Å². The van der Waals surface area contributed by atoms with Crippen LogP contribution in [0.2, 0.25) is 0 Å². The fourth-order valence-corrected chi connectivity index (χ4v) is 7.73. The summed E-state index contributed by atoms with van der Waals surface area (Å²) in [7, 11) is 0. The smallest absolute Gasteiger partial charge is 0.0114 e. The van der Waals surface area contributed by atoms with Crippen molar-refractivity contribution in [3.05, 3.63) is 171 Å². The average Bonchev–Trinajstić information content (AvgIpc) is 3.90. The van der Waals surface area contributed by atoms with Gasteiger partial charge in [0.1, 0.15) is 0 Å². The van der Waals surface area contributed by atoms with Gasteiger partial charge in [0, 0.05) is 0 Å². The Labute approximate surface area is 334 Å². The molecule has 0 spiro atoms. The average molecular weight is 801 g/mol. The third-order valence-electron chi connectivity index (χ3n) is 10.0. The summed E-state index contributed by atoms with van der Waals surface area (Å²) in [4.78, 5) is 0. The Morgan fingerprint density at radius 3 is 1.61 bits per heavy atom. The van der Waals surface area contributed by atoms with E-state index in [0.29, 0.717) is 0 Å². The van der Waals surface area contributed by atoms with E-state index >= 15 is 0 Å². The molecule has 4 heteroatoms. The summed E-state index contributed by atoms with van der Waals surface area (Å²) >= 11 is 1.36. The largest absolute Gasteiger partial charge is 0.164 e. The molecule has 0 amide bonds. The molecule has 260 valence electrons. The minimum Gasteiger partial charge on any atom is -0.164 e. The number of hydrogen-bond donors (Lipinski definition) is 0. The molecule has 0 aromatic heterocycles. The molecule has 8 aromatic carbocycles. The topological polar surface area (TPSA) is 0 Å². The van der Waals surface area contributed by atoms with Gasteiger partial charge in [-0.25, -0.2) is 0 Å². The Morgan fingerprint density at radius 1 is 0.529 bits per heavy atom. The van der Waals surface area contributed by atoms with Crippen LogP contribution in [0.3, 0.4) is 0 Å². The first-order chi connectivity index (χ1) is 23.1. The summed E-state index contributed by atoms with van der Waals surface area (Å²) in [5.74, 6) is 0.776. The first kappa shape index (κ1) is 42.2. The van der Waals surface area contributed by atoms with Gasteiger partial charge in [-0.3, -0.25) is 0 Å². The van der Waals surface area contributed by atoms with Crippen LogP contribution in [0.4, 0.5) is 0 Å². The Hall–Kier alpha value is -3.26. The Balaban J connectivity index is 0.000000246. The fourth-order valence-electron chi connectivity index (χ4n) is 7.73. The molecular weight excluding hydrogens is 755 g/mol. The van der Waals surface area contributed by atoms with Crippen molar-refractivity contribution in [2.75, 3.05) is 0 Å². The van der Waals surface area contributed by atoms with E-state index in [1.165, 1.54) is 125 Å². The summed E-state index contributed by atoms with van der Waals surface area (Å²) in [6.45, 7) is 7.42. The van der Waals surface area contributed by atoms with Crippen LogP contribution in [0.5, 0.6) is 0 Å². The van der Waals surface area contributed by atoms with E-state index in [-0.39, 0.29) is 39.7 Å². The summed E-state index contributed by atoms with van der Waals surface area (Å²) in [6, 6.07) is 51.3. The molecule has 9 rings (SSSR count). The van der Waals surface area contributed by atoms with Gasteiger partial charge in [-0.2, -0.15) is 12.1 Å². The second kappa shape index (κ2) is 19.0. The molecule has 8 aromatic rings. The maximum atomic E-state index is 3.06. The molecule has 0 heterocycles. The molecule has 0 nitrogen and oxygen atoms in total. The van der Waals surface area contributed by atoms with Gasteiger partial charge >= 0.3 is 30.2 Å². The van der Waals surface area contributed by atoms with Crippen LogP contribution in [-0.2, 0) is 23.3 Å². The number of rotatable bonds is 3. The van der Waals surface area contributed by atoms with Crippen LogP contribution in [0.15, 0.2) is 140 Å². The summed E-state index contributed by atoms with van der Waals surface area (Å²) in [6.07, 6.45) is 5.50. The van der Waals surface area contributed by atoms with E-state index in [0.717, 1.165) is 5.92 Å². The molecule has 1 fully saturated rings. The summed E-state index contributed by atoms with van der Waals surface area (Å²) in [5.41, 5.74) is 9.61. The van der Waals surface area contributed by atoms with Crippen molar-refractivity contribution >= 4 is 74.8 Å². The molecule has 0 bridgehead atoms. The number of aryl methyl sites for hydroxylation is 2. The maximum Gasteiger partial charge on any atom is -0.0114 e. The molecule has 0 aliphatic heterocycles. The molecule has 0 atom stereocenters. The van der Waals surface area contributed by atoms with E-state index < -0.39 is 0 Å². The molecule has 1 aliphatic rings. The molecule has 1 aliphatic carbocycles. The van der Waals surface area contributed by atoms with Crippen LogP contribution in [0, 0.1) is 28.7 Å². The van der Waals surface area contributed by atoms with Gasteiger partial charge < -0.3 is 14.9 Å². The molecule has 2 radical (unpaired) electrons. The minimum absolute atomic E-state index is 0. The second-order valence-corrected chi connectivity index (χ2v) is 12.9. The maximum absolute atomic E-state index is 3.06. The van der Waals surface area contributed by atoms with Crippen LogP contribution >= 0.6 is 24.8 Å². The zero-order valence-corrected chi connectivity index (χ0v) is 35.1. The van der Waals surface area contributed by atoms with E-state index in [4.69, 9.17) is 0 Å². The monoisotopic (exact) mass is 798 g/mol. The van der Waals surface area contributed by atoms with Gasteiger partial charge in [0.25, 0.3) is 0 Å². The predicted octanol–water partition coefficient (Wildman–Crippen LogP) is 14.4. The number of benzene rings is 6. The van der Waals surface area contributed by atoms with Gasteiger partial charge in [0.2, 0.25) is 0 Å². The van der Waals surface area contributed by atoms with Gasteiger partial charge in [-0.1, -0.05) is 135 Å². The van der Waals surface area contributed by atoms with Crippen LogP contribution in [0.1, 0.15) is 48.3 Å². The molecule has 0 N–H and O–H groups in total. The molecule has 0 saturated heterocycles. The predicted molar refractivity (Wildman–Crippen MR) is 229 cm³/mol. The van der Waals surface area contributed by atoms with Crippen molar-refractivity contribution in [3.63, 3.8) is 0 Å². The third kappa shape index (κ3) is 8.53. The SMILES string of the molecule is Cc1cc2c(-c3cccc4ccccc34)ccc(C)c2[cH-]1.Cl.Cl.[CH3-].[CH3-].[Si]=[Zr].c1ccc2c(-c3cccc4[cH-]c(C5CCCC5)cc34)cccc2c1.